The van der Waals surface area contributed by atoms with Gasteiger partial charge in [0.25, 0.3) is 5.91 Å². The highest BCUT2D eigenvalue weighted by molar-refractivity contribution is 7.89. The van der Waals surface area contributed by atoms with Gasteiger partial charge in [0.05, 0.1) is 23.8 Å². The maximum absolute atomic E-state index is 13.0. The van der Waals surface area contributed by atoms with Gasteiger partial charge in [-0.2, -0.15) is 4.31 Å². The molecule has 1 atom stereocenters. The number of rotatable bonds is 6. The monoisotopic (exact) mass is 491 g/mol. The fourth-order valence-corrected chi connectivity index (χ4v) is 5.50. The Morgan fingerprint density at radius 2 is 1.66 bits per heavy atom. The van der Waals surface area contributed by atoms with Crippen LogP contribution in [0.15, 0.2) is 89.8 Å². The van der Waals surface area contributed by atoms with Gasteiger partial charge < -0.3 is 9.47 Å². The number of sulfonamides is 1. The zero-order valence-electron chi connectivity index (χ0n) is 18.9. The first kappa shape index (κ1) is 23.1. The van der Waals surface area contributed by atoms with E-state index in [2.05, 4.69) is 10.9 Å². The molecular weight excluding hydrogens is 466 g/mol. The number of hydrogen-bond donors (Lipinski definition) is 2. The Hall–Kier alpha value is -3.66. The Morgan fingerprint density at radius 3 is 2.46 bits per heavy atom. The van der Waals surface area contributed by atoms with Crippen molar-refractivity contribution in [1.29, 1.82) is 0 Å². The molecule has 3 aromatic rings. The number of hydrogen-bond acceptors (Lipinski definition) is 6. The smallest absolute Gasteiger partial charge is 0.269 e. The lowest BCUT2D eigenvalue weighted by molar-refractivity contribution is 0.0730. The van der Waals surface area contributed by atoms with Gasteiger partial charge in [0, 0.05) is 24.2 Å². The molecule has 0 radical (unpaired) electrons. The minimum Gasteiger partial charge on any atom is -0.481 e. The van der Waals surface area contributed by atoms with Crippen LogP contribution in [0, 0.1) is 0 Å². The minimum atomic E-state index is -3.71. The molecule has 1 amide bonds. The molecule has 1 fully saturated rings. The second-order valence-corrected chi connectivity index (χ2v) is 10.1. The lowest BCUT2D eigenvalue weighted by Gasteiger charge is -2.27. The van der Waals surface area contributed by atoms with Crippen LogP contribution in [0.5, 0.6) is 5.75 Å². The molecule has 0 unspecified atom stereocenters. The molecule has 180 valence electrons. The van der Waals surface area contributed by atoms with Crippen LogP contribution < -0.4 is 15.6 Å². The number of morpholine rings is 1. The van der Waals surface area contributed by atoms with Gasteiger partial charge in [-0.15, -0.1) is 0 Å². The van der Waals surface area contributed by atoms with Crippen LogP contribution in [-0.4, -0.2) is 44.9 Å². The van der Waals surface area contributed by atoms with E-state index in [1.807, 2.05) is 60.7 Å². The number of amides is 1. The molecule has 0 aliphatic carbocycles. The first-order valence-corrected chi connectivity index (χ1v) is 12.7. The van der Waals surface area contributed by atoms with E-state index in [-0.39, 0.29) is 16.6 Å². The van der Waals surface area contributed by atoms with E-state index in [4.69, 9.17) is 9.47 Å². The number of carbonyl (C=O) groups excluding carboxylic acids is 1. The maximum atomic E-state index is 13.0. The van der Waals surface area contributed by atoms with E-state index in [9.17, 15) is 13.2 Å². The highest BCUT2D eigenvalue weighted by Gasteiger charge is 2.27. The topological polar surface area (TPSA) is 97.0 Å². The summed E-state index contributed by atoms with van der Waals surface area (Å²) in [5, 5.41) is 0. The van der Waals surface area contributed by atoms with E-state index in [1.54, 1.807) is 12.1 Å². The highest BCUT2D eigenvalue weighted by Crippen LogP contribution is 2.35. The van der Waals surface area contributed by atoms with E-state index >= 15 is 0 Å². The van der Waals surface area contributed by atoms with Crippen LogP contribution in [-0.2, 0) is 14.8 Å². The Bertz CT molecular complexity index is 1350. The highest BCUT2D eigenvalue weighted by atomic mass is 32.2. The van der Waals surface area contributed by atoms with Crippen molar-refractivity contribution in [2.75, 3.05) is 26.3 Å². The van der Waals surface area contributed by atoms with Gasteiger partial charge in [-0.1, -0.05) is 48.5 Å². The Labute approximate surface area is 204 Å². The van der Waals surface area contributed by atoms with Crippen molar-refractivity contribution < 1.29 is 22.7 Å². The Morgan fingerprint density at radius 1 is 0.914 bits per heavy atom. The standard InChI is InChI=1S/C26H25N3O5S/c30-26(20-9-6-10-21(17-20)35(31,32)29-13-15-33-16-14-29)28-27-23-18-25(19-7-2-1-3-8-19)34-24-12-5-4-11-22(23)24/h1-12,17-18,25,27H,13-16H2,(H,28,30)/t25-/m0/s1. The average molecular weight is 492 g/mol. The van der Waals surface area contributed by atoms with E-state index in [1.165, 1.54) is 16.4 Å². The van der Waals surface area contributed by atoms with Crippen molar-refractivity contribution in [3.05, 3.63) is 102 Å². The van der Waals surface area contributed by atoms with Crippen LogP contribution in [0.4, 0.5) is 0 Å². The minimum absolute atomic E-state index is 0.0758. The lowest BCUT2D eigenvalue weighted by Crippen LogP contribution is -2.40. The van der Waals surface area contributed by atoms with Gasteiger partial charge in [-0.3, -0.25) is 15.6 Å². The molecule has 35 heavy (non-hydrogen) atoms. The summed E-state index contributed by atoms with van der Waals surface area (Å²) < 4.78 is 38.7. The Kier molecular flexibility index (Phi) is 6.54. The molecule has 2 aliphatic rings. The summed E-state index contributed by atoms with van der Waals surface area (Å²) in [4.78, 5) is 13.0. The number of nitrogens with zero attached hydrogens (tertiary/aromatic N) is 1. The summed E-state index contributed by atoms with van der Waals surface area (Å²) in [6.07, 6.45) is 1.57. The largest absolute Gasteiger partial charge is 0.481 e. The third kappa shape index (κ3) is 4.93. The fraction of sp³-hybridized carbons (Fsp3) is 0.192. The van der Waals surface area contributed by atoms with Gasteiger partial charge in [0.2, 0.25) is 10.0 Å². The van der Waals surface area contributed by atoms with Crippen molar-refractivity contribution >= 4 is 21.6 Å². The number of ether oxygens (including phenoxy) is 2. The van der Waals surface area contributed by atoms with E-state index in [0.29, 0.717) is 37.7 Å². The molecule has 0 aromatic heterocycles. The normalized spacial score (nSPS) is 18.1. The second-order valence-electron chi connectivity index (χ2n) is 8.15. The summed E-state index contributed by atoms with van der Waals surface area (Å²) in [5.74, 6) is 0.240. The van der Waals surface area contributed by atoms with Gasteiger partial charge >= 0.3 is 0 Å². The zero-order chi connectivity index (χ0) is 24.3. The predicted octanol–water partition coefficient (Wildman–Crippen LogP) is 3.12. The van der Waals surface area contributed by atoms with Gasteiger partial charge in [0.15, 0.2) is 0 Å². The molecule has 0 saturated carbocycles. The van der Waals surface area contributed by atoms with Crippen molar-refractivity contribution in [2.24, 2.45) is 0 Å². The fourth-order valence-electron chi connectivity index (χ4n) is 4.05. The summed E-state index contributed by atoms with van der Waals surface area (Å²) >= 11 is 0. The van der Waals surface area contributed by atoms with Crippen molar-refractivity contribution in [2.45, 2.75) is 11.0 Å². The maximum Gasteiger partial charge on any atom is 0.269 e. The molecule has 0 spiro atoms. The summed E-state index contributed by atoms with van der Waals surface area (Å²) in [6.45, 7) is 1.29. The first-order valence-electron chi connectivity index (χ1n) is 11.3. The summed E-state index contributed by atoms with van der Waals surface area (Å²) in [7, 11) is -3.71. The van der Waals surface area contributed by atoms with Crippen molar-refractivity contribution in [3.8, 4) is 5.75 Å². The molecule has 1 saturated heterocycles. The van der Waals surface area contributed by atoms with Crippen LogP contribution in [0.3, 0.4) is 0 Å². The summed E-state index contributed by atoms with van der Waals surface area (Å²) in [5.41, 5.74) is 8.41. The third-order valence-electron chi connectivity index (χ3n) is 5.89. The third-order valence-corrected chi connectivity index (χ3v) is 7.79. The van der Waals surface area contributed by atoms with Crippen LogP contribution >= 0.6 is 0 Å². The van der Waals surface area contributed by atoms with Gasteiger partial charge in [0.1, 0.15) is 11.9 Å². The number of para-hydroxylation sites is 1. The predicted molar refractivity (Wildman–Crippen MR) is 131 cm³/mol. The van der Waals surface area contributed by atoms with E-state index in [0.717, 1.165) is 11.1 Å². The van der Waals surface area contributed by atoms with Crippen LogP contribution in [0.25, 0.3) is 5.70 Å². The SMILES string of the molecule is O=C(NNC1=C[C@@H](c2ccccc2)Oc2ccccc21)c1cccc(S(=O)(=O)N2CCOCC2)c1. The quantitative estimate of drug-likeness (QED) is 0.515. The Balaban J connectivity index is 1.35. The van der Waals surface area contributed by atoms with Gasteiger partial charge in [-0.25, -0.2) is 8.42 Å². The molecular formula is C26H25N3O5S. The number of nitrogens with one attached hydrogen (secondary N) is 2. The van der Waals surface area contributed by atoms with Crippen LogP contribution in [0.2, 0.25) is 0 Å². The molecule has 5 rings (SSSR count). The lowest BCUT2D eigenvalue weighted by atomic mass is 10.0. The van der Waals surface area contributed by atoms with Crippen molar-refractivity contribution in [3.63, 3.8) is 0 Å². The number of carbonyl (C=O) groups is 1. The molecule has 8 nitrogen and oxygen atoms in total. The molecule has 2 heterocycles. The van der Waals surface area contributed by atoms with Gasteiger partial charge in [-0.05, 0) is 42.0 Å². The van der Waals surface area contributed by atoms with Crippen molar-refractivity contribution in [1.82, 2.24) is 15.2 Å². The average Bonchev–Trinajstić information content (AvgIpc) is 2.92. The number of benzene rings is 3. The van der Waals surface area contributed by atoms with E-state index < -0.39 is 15.9 Å². The molecule has 9 heteroatoms. The molecule has 2 aliphatic heterocycles. The molecule has 2 N–H and O–H groups in total. The number of fused-ring (bicyclic) bond motifs is 1. The number of hydrazine groups is 1. The molecule has 0 bridgehead atoms. The first-order chi connectivity index (χ1) is 17.0. The summed E-state index contributed by atoms with van der Waals surface area (Å²) in [6, 6.07) is 23.4. The molecule has 3 aromatic carbocycles. The zero-order valence-corrected chi connectivity index (χ0v) is 19.7. The van der Waals surface area contributed by atoms with Crippen LogP contribution in [0.1, 0.15) is 27.6 Å². The second kappa shape index (κ2) is 9.91.